The quantitative estimate of drug-likeness (QED) is 0.768. The third-order valence-electron chi connectivity index (χ3n) is 4.10. The molecule has 2 heterocycles. The van der Waals surface area contributed by atoms with E-state index in [-0.39, 0.29) is 11.9 Å². The topological polar surface area (TPSA) is 84.4 Å². The van der Waals surface area contributed by atoms with E-state index >= 15 is 0 Å². The Morgan fingerprint density at radius 3 is 2.95 bits per heavy atom. The minimum Gasteiger partial charge on any atom is -0.446 e. The molecular weight excluding hydrogens is 280 g/mol. The summed E-state index contributed by atoms with van der Waals surface area (Å²) in [6.45, 7) is 5.92. The van der Waals surface area contributed by atoms with Gasteiger partial charge < -0.3 is 20.4 Å². The van der Waals surface area contributed by atoms with Crippen molar-refractivity contribution in [3.05, 3.63) is 17.8 Å². The van der Waals surface area contributed by atoms with Gasteiger partial charge in [-0.05, 0) is 32.4 Å². The second-order valence-electron chi connectivity index (χ2n) is 5.98. The standard InChI is InChI=1S/C16H28N4O2/c1-2-3-7-13(17)16-19-14(12-22-16)15(21)18-8-11-20-9-5-4-6-10-20/h12-13H,2-11,17H2,1H3,(H,18,21). The first-order valence-corrected chi connectivity index (χ1v) is 8.42. The Kier molecular flexibility index (Phi) is 6.86. The Bertz CT molecular complexity index is 455. The zero-order chi connectivity index (χ0) is 15.8. The van der Waals surface area contributed by atoms with Gasteiger partial charge in [-0.25, -0.2) is 4.98 Å². The summed E-state index contributed by atoms with van der Waals surface area (Å²) in [7, 11) is 0. The fourth-order valence-corrected chi connectivity index (χ4v) is 2.71. The fraction of sp³-hybridized carbons (Fsp3) is 0.750. The van der Waals surface area contributed by atoms with Crippen LogP contribution in [0.3, 0.4) is 0 Å². The van der Waals surface area contributed by atoms with E-state index in [1.54, 1.807) is 0 Å². The number of nitrogens with one attached hydrogen (secondary N) is 1. The fourth-order valence-electron chi connectivity index (χ4n) is 2.71. The Morgan fingerprint density at radius 2 is 2.23 bits per heavy atom. The lowest BCUT2D eigenvalue weighted by Gasteiger charge is -2.26. The number of likely N-dealkylation sites (tertiary alicyclic amines) is 1. The van der Waals surface area contributed by atoms with Crippen LogP contribution in [0.25, 0.3) is 0 Å². The third-order valence-corrected chi connectivity index (χ3v) is 4.10. The molecule has 6 heteroatoms. The summed E-state index contributed by atoms with van der Waals surface area (Å²) >= 11 is 0. The number of unbranched alkanes of at least 4 members (excludes halogenated alkanes) is 1. The molecule has 0 aliphatic carbocycles. The van der Waals surface area contributed by atoms with Gasteiger partial charge in [0.25, 0.3) is 5.91 Å². The van der Waals surface area contributed by atoms with Gasteiger partial charge in [-0.3, -0.25) is 4.79 Å². The minimum absolute atomic E-state index is 0.185. The van der Waals surface area contributed by atoms with Crippen LogP contribution in [0, 0.1) is 0 Å². The summed E-state index contributed by atoms with van der Waals surface area (Å²) in [5.41, 5.74) is 6.32. The van der Waals surface area contributed by atoms with Crippen LogP contribution in [0.15, 0.2) is 10.7 Å². The number of piperidine rings is 1. The molecule has 1 aromatic heterocycles. The maximum absolute atomic E-state index is 12.0. The van der Waals surface area contributed by atoms with E-state index in [2.05, 4.69) is 22.1 Å². The van der Waals surface area contributed by atoms with Crippen LogP contribution >= 0.6 is 0 Å². The summed E-state index contributed by atoms with van der Waals surface area (Å²) in [5, 5.41) is 2.90. The number of carbonyl (C=O) groups is 1. The molecule has 0 saturated carbocycles. The van der Waals surface area contributed by atoms with Crippen molar-refractivity contribution in [3.63, 3.8) is 0 Å². The van der Waals surface area contributed by atoms with Crippen LogP contribution < -0.4 is 11.1 Å². The van der Waals surface area contributed by atoms with Gasteiger partial charge in [-0.2, -0.15) is 0 Å². The first-order valence-electron chi connectivity index (χ1n) is 8.42. The van der Waals surface area contributed by atoms with Gasteiger partial charge in [0.05, 0.1) is 6.04 Å². The van der Waals surface area contributed by atoms with Crippen LogP contribution in [0.5, 0.6) is 0 Å². The first-order chi connectivity index (χ1) is 10.7. The molecule has 1 aliphatic rings. The second kappa shape index (κ2) is 8.90. The molecule has 6 nitrogen and oxygen atoms in total. The number of carbonyl (C=O) groups excluding carboxylic acids is 1. The molecule has 0 bridgehead atoms. The van der Waals surface area contributed by atoms with Crippen LogP contribution in [0.2, 0.25) is 0 Å². The van der Waals surface area contributed by atoms with Crippen molar-refractivity contribution in [2.24, 2.45) is 5.73 Å². The van der Waals surface area contributed by atoms with Gasteiger partial charge in [0.1, 0.15) is 6.26 Å². The van der Waals surface area contributed by atoms with E-state index < -0.39 is 0 Å². The summed E-state index contributed by atoms with van der Waals surface area (Å²) < 4.78 is 5.33. The van der Waals surface area contributed by atoms with Crippen molar-refractivity contribution in [1.82, 2.24) is 15.2 Å². The maximum atomic E-state index is 12.0. The van der Waals surface area contributed by atoms with Gasteiger partial charge >= 0.3 is 0 Å². The lowest BCUT2D eigenvalue weighted by atomic mass is 10.1. The van der Waals surface area contributed by atoms with E-state index in [1.165, 1.54) is 25.5 Å². The Balaban J connectivity index is 1.74. The summed E-state index contributed by atoms with van der Waals surface area (Å²) in [4.78, 5) is 18.6. The molecule has 1 fully saturated rings. The molecule has 0 spiro atoms. The van der Waals surface area contributed by atoms with Gasteiger partial charge in [0.15, 0.2) is 5.69 Å². The molecule has 124 valence electrons. The Hall–Kier alpha value is -1.40. The number of oxazole rings is 1. The second-order valence-corrected chi connectivity index (χ2v) is 5.98. The number of nitrogens with zero attached hydrogens (tertiary/aromatic N) is 2. The largest absolute Gasteiger partial charge is 0.446 e. The highest BCUT2D eigenvalue weighted by Gasteiger charge is 2.17. The minimum atomic E-state index is -0.227. The van der Waals surface area contributed by atoms with Crippen LogP contribution in [0.4, 0.5) is 0 Å². The van der Waals surface area contributed by atoms with E-state index in [9.17, 15) is 4.79 Å². The highest BCUT2D eigenvalue weighted by atomic mass is 16.3. The molecule has 1 amide bonds. The summed E-state index contributed by atoms with van der Waals surface area (Å²) in [6.07, 6.45) is 8.18. The monoisotopic (exact) mass is 308 g/mol. The maximum Gasteiger partial charge on any atom is 0.273 e. The SMILES string of the molecule is CCCCC(N)c1nc(C(=O)NCCN2CCCCC2)co1. The molecule has 1 aliphatic heterocycles. The van der Waals surface area contributed by atoms with E-state index in [0.29, 0.717) is 18.1 Å². The number of aromatic nitrogens is 1. The predicted molar refractivity (Wildman–Crippen MR) is 85.6 cm³/mol. The molecule has 1 saturated heterocycles. The van der Waals surface area contributed by atoms with Gasteiger partial charge in [0.2, 0.25) is 5.89 Å². The van der Waals surface area contributed by atoms with E-state index in [0.717, 1.165) is 38.9 Å². The molecule has 1 unspecified atom stereocenters. The highest BCUT2D eigenvalue weighted by molar-refractivity contribution is 5.91. The van der Waals surface area contributed by atoms with Crippen LogP contribution in [0.1, 0.15) is 67.9 Å². The van der Waals surface area contributed by atoms with Gasteiger partial charge in [-0.15, -0.1) is 0 Å². The van der Waals surface area contributed by atoms with Crippen molar-refractivity contribution < 1.29 is 9.21 Å². The van der Waals surface area contributed by atoms with Crippen LogP contribution in [-0.2, 0) is 0 Å². The number of amides is 1. The summed E-state index contributed by atoms with van der Waals surface area (Å²) in [6, 6.07) is -0.227. The third kappa shape index (κ3) is 5.10. The van der Waals surface area contributed by atoms with Crippen molar-refractivity contribution >= 4 is 5.91 Å². The Labute approximate surface area is 132 Å². The van der Waals surface area contributed by atoms with Crippen molar-refractivity contribution in [2.75, 3.05) is 26.2 Å². The van der Waals surface area contributed by atoms with Gasteiger partial charge in [0, 0.05) is 13.1 Å². The lowest BCUT2D eigenvalue weighted by molar-refractivity contribution is 0.0941. The number of hydrogen-bond acceptors (Lipinski definition) is 5. The molecular formula is C16H28N4O2. The zero-order valence-electron chi connectivity index (χ0n) is 13.5. The number of nitrogens with two attached hydrogens (primary N) is 1. The molecule has 2 rings (SSSR count). The van der Waals surface area contributed by atoms with E-state index in [4.69, 9.17) is 10.2 Å². The molecule has 0 aromatic carbocycles. The average Bonchev–Trinajstić information content (AvgIpc) is 3.03. The molecule has 3 N–H and O–H groups in total. The Morgan fingerprint density at radius 1 is 1.45 bits per heavy atom. The molecule has 1 atom stereocenters. The smallest absolute Gasteiger partial charge is 0.273 e. The highest BCUT2D eigenvalue weighted by Crippen LogP contribution is 2.16. The molecule has 22 heavy (non-hydrogen) atoms. The zero-order valence-corrected chi connectivity index (χ0v) is 13.5. The lowest BCUT2D eigenvalue weighted by Crippen LogP contribution is -2.37. The predicted octanol–water partition coefficient (Wildman–Crippen LogP) is 2.08. The number of hydrogen-bond donors (Lipinski definition) is 2. The molecule has 1 aromatic rings. The normalized spacial score (nSPS) is 17.4. The van der Waals surface area contributed by atoms with Crippen molar-refractivity contribution in [3.8, 4) is 0 Å². The summed E-state index contributed by atoms with van der Waals surface area (Å²) in [5.74, 6) is 0.268. The van der Waals surface area contributed by atoms with Gasteiger partial charge in [-0.1, -0.05) is 26.2 Å². The first kappa shape index (κ1) is 17.0. The number of rotatable bonds is 8. The van der Waals surface area contributed by atoms with Crippen LogP contribution in [-0.4, -0.2) is 42.0 Å². The molecule has 0 radical (unpaired) electrons. The van der Waals surface area contributed by atoms with Crippen molar-refractivity contribution in [2.45, 2.75) is 51.5 Å². The average molecular weight is 308 g/mol. The van der Waals surface area contributed by atoms with Crippen molar-refractivity contribution in [1.29, 1.82) is 0 Å². The van der Waals surface area contributed by atoms with E-state index in [1.807, 2.05) is 0 Å².